The maximum absolute atomic E-state index is 13.3. The van der Waals surface area contributed by atoms with Gasteiger partial charge in [-0.15, -0.1) is 0 Å². The SMILES string of the molecule is COC(=O)C1=C(N)N(C)c2ccccc2C12C(=O)OC(C)=C2C(=O)OC(C)(C)C. The zero-order chi connectivity index (χ0) is 21.7. The van der Waals surface area contributed by atoms with Crippen LogP contribution in [-0.4, -0.2) is 37.7 Å². The van der Waals surface area contributed by atoms with Crippen molar-refractivity contribution < 1.29 is 28.6 Å². The molecule has 1 spiro atoms. The molecular formula is C21H24N2O6. The van der Waals surface area contributed by atoms with Gasteiger partial charge in [0, 0.05) is 18.3 Å². The largest absolute Gasteiger partial charge is 0.466 e. The number of para-hydroxylation sites is 1. The topological polar surface area (TPSA) is 108 Å². The van der Waals surface area contributed by atoms with E-state index in [1.807, 2.05) is 0 Å². The molecule has 1 aromatic rings. The van der Waals surface area contributed by atoms with Crippen molar-refractivity contribution in [2.24, 2.45) is 5.73 Å². The fourth-order valence-corrected chi connectivity index (χ4v) is 3.80. The van der Waals surface area contributed by atoms with Crippen LogP contribution < -0.4 is 10.6 Å². The van der Waals surface area contributed by atoms with Crippen LogP contribution in [0.15, 0.2) is 47.0 Å². The van der Waals surface area contributed by atoms with Crippen molar-refractivity contribution in [2.45, 2.75) is 38.7 Å². The lowest BCUT2D eigenvalue weighted by Gasteiger charge is -2.40. The lowest BCUT2D eigenvalue weighted by atomic mass is 9.66. The number of hydrogen-bond donors (Lipinski definition) is 1. The standard InChI is InChI=1S/C21H24N2O6/c1-11-14(18(25)29-20(2,3)4)21(19(26)28-11)12-9-7-8-10-13(12)23(5)16(22)15(21)17(24)27-6/h7-10H,22H2,1-6H3. The molecule has 2 aliphatic heterocycles. The van der Waals surface area contributed by atoms with Crippen LogP contribution in [0.2, 0.25) is 0 Å². The summed E-state index contributed by atoms with van der Waals surface area (Å²) in [6.45, 7) is 6.61. The minimum atomic E-state index is -1.88. The normalized spacial score (nSPS) is 21.3. The minimum Gasteiger partial charge on any atom is -0.466 e. The number of cyclic esters (lactones) is 1. The molecule has 2 N–H and O–H groups in total. The molecule has 0 radical (unpaired) electrons. The van der Waals surface area contributed by atoms with E-state index in [-0.39, 0.29) is 22.7 Å². The Hall–Kier alpha value is -3.29. The first kappa shape index (κ1) is 20.4. The van der Waals surface area contributed by atoms with Crippen molar-refractivity contribution in [2.75, 3.05) is 19.1 Å². The summed E-state index contributed by atoms with van der Waals surface area (Å²) in [5, 5.41) is 0. The third-order valence-electron chi connectivity index (χ3n) is 4.93. The van der Waals surface area contributed by atoms with Crippen molar-refractivity contribution in [1.29, 1.82) is 0 Å². The molecule has 8 nitrogen and oxygen atoms in total. The number of carbonyl (C=O) groups is 3. The molecule has 0 aromatic heterocycles. The van der Waals surface area contributed by atoms with Gasteiger partial charge in [-0.25, -0.2) is 14.4 Å². The molecule has 0 aliphatic carbocycles. The fraction of sp³-hybridized carbons (Fsp3) is 0.381. The van der Waals surface area contributed by atoms with Gasteiger partial charge in [0.2, 0.25) is 0 Å². The smallest absolute Gasteiger partial charge is 0.339 e. The van der Waals surface area contributed by atoms with Gasteiger partial charge in [0.15, 0.2) is 5.41 Å². The first-order chi connectivity index (χ1) is 13.5. The van der Waals surface area contributed by atoms with Crippen LogP contribution in [0.1, 0.15) is 33.3 Å². The maximum atomic E-state index is 13.3. The van der Waals surface area contributed by atoms with Gasteiger partial charge in [-0.3, -0.25) is 0 Å². The Balaban J connectivity index is 2.41. The molecule has 3 rings (SSSR count). The van der Waals surface area contributed by atoms with Crippen molar-refractivity contribution in [3.8, 4) is 0 Å². The molecule has 0 amide bonds. The molecule has 1 unspecified atom stereocenters. The van der Waals surface area contributed by atoms with Gasteiger partial charge in [-0.2, -0.15) is 0 Å². The number of nitrogens with two attached hydrogens (primary N) is 1. The summed E-state index contributed by atoms with van der Waals surface area (Å²) in [6, 6.07) is 6.87. The van der Waals surface area contributed by atoms with Crippen LogP contribution >= 0.6 is 0 Å². The van der Waals surface area contributed by atoms with E-state index >= 15 is 0 Å². The highest BCUT2D eigenvalue weighted by Gasteiger charge is 2.63. The summed E-state index contributed by atoms with van der Waals surface area (Å²) in [6.07, 6.45) is 0. The van der Waals surface area contributed by atoms with E-state index in [1.165, 1.54) is 14.0 Å². The number of hydrogen-bond acceptors (Lipinski definition) is 8. The number of rotatable bonds is 2. The molecule has 0 saturated carbocycles. The number of methoxy groups -OCH3 is 1. The van der Waals surface area contributed by atoms with Gasteiger partial charge in [0.25, 0.3) is 0 Å². The zero-order valence-corrected chi connectivity index (χ0v) is 17.3. The number of benzene rings is 1. The van der Waals surface area contributed by atoms with Crippen LogP contribution in [0.25, 0.3) is 0 Å². The molecule has 154 valence electrons. The highest BCUT2D eigenvalue weighted by atomic mass is 16.6. The van der Waals surface area contributed by atoms with Crippen LogP contribution in [0.4, 0.5) is 5.69 Å². The van der Waals surface area contributed by atoms with Crippen LogP contribution in [0, 0.1) is 0 Å². The Labute approximate surface area is 168 Å². The summed E-state index contributed by atoms with van der Waals surface area (Å²) < 4.78 is 15.9. The van der Waals surface area contributed by atoms with Crippen molar-refractivity contribution in [3.63, 3.8) is 0 Å². The highest BCUT2D eigenvalue weighted by Crippen LogP contribution is 2.53. The number of nitrogens with zero attached hydrogens (tertiary/aromatic N) is 1. The number of anilines is 1. The summed E-state index contributed by atoms with van der Waals surface area (Å²) in [5.74, 6) is -2.37. The fourth-order valence-electron chi connectivity index (χ4n) is 3.80. The van der Waals surface area contributed by atoms with Crippen molar-refractivity contribution in [3.05, 3.63) is 52.6 Å². The van der Waals surface area contributed by atoms with E-state index in [1.54, 1.807) is 57.0 Å². The van der Waals surface area contributed by atoms with Crippen LogP contribution in [0.3, 0.4) is 0 Å². The van der Waals surface area contributed by atoms with Crippen LogP contribution in [-0.2, 0) is 34.0 Å². The van der Waals surface area contributed by atoms with E-state index in [9.17, 15) is 14.4 Å². The highest BCUT2D eigenvalue weighted by molar-refractivity contribution is 6.16. The maximum Gasteiger partial charge on any atom is 0.339 e. The molecule has 29 heavy (non-hydrogen) atoms. The van der Waals surface area contributed by atoms with E-state index in [0.29, 0.717) is 11.3 Å². The first-order valence-corrected chi connectivity index (χ1v) is 9.05. The lowest BCUT2D eigenvalue weighted by Crippen LogP contribution is -2.50. The lowest BCUT2D eigenvalue weighted by molar-refractivity contribution is -0.152. The molecule has 0 saturated heterocycles. The Morgan fingerprint density at radius 2 is 1.76 bits per heavy atom. The number of carbonyl (C=O) groups excluding carboxylic acids is 3. The number of allylic oxidation sites excluding steroid dienone is 1. The van der Waals surface area contributed by atoms with E-state index in [2.05, 4.69) is 0 Å². The summed E-state index contributed by atoms with van der Waals surface area (Å²) in [5.41, 5.74) is 4.27. The minimum absolute atomic E-state index is 0.0109. The quantitative estimate of drug-likeness (QED) is 0.592. The molecular weight excluding hydrogens is 376 g/mol. The summed E-state index contributed by atoms with van der Waals surface area (Å²) in [7, 11) is 2.84. The number of esters is 3. The molecule has 2 aliphatic rings. The Kier molecular flexibility index (Phi) is 4.69. The van der Waals surface area contributed by atoms with Gasteiger partial charge in [-0.1, -0.05) is 18.2 Å². The zero-order valence-electron chi connectivity index (χ0n) is 17.3. The molecule has 8 heteroatoms. The molecule has 1 aromatic carbocycles. The summed E-state index contributed by atoms with van der Waals surface area (Å²) in [4.78, 5) is 40.9. The predicted octanol–water partition coefficient (Wildman–Crippen LogP) is 1.89. The average molecular weight is 400 g/mol. The summed E-state index contributed by atoms with van der Waals surface area (Å²) >= 11 is 0. The van der Waals surface area contributed by atoms with Crippen LogP contribution in [0.5, 0.6) is 0 Å². The van der Waals surface area contributed by atoms with Gasteiger partial charge in [-0.05, 0) is 33.8 Å². The average Bonchev–Trinajstić information content (AvgIpc) is 2.89. The van der Waals surface area contributed by atoms with Gasteiger partial charge in [0.1, 0.15) is 28.3 Å². The molecule has 0 bridgehead atoms. The second-order valence-electron chi connectivity index (χ2n) is 7.90. The van der Waals surface area contributed by atoms with Gasteiger partial charge in [0.05, 0.1) is 7.11 Å². The third-order valence-corrected chi connectivity index (χ3v) is 4.93. The second-order valence-corrected chi connectivity index (χ2v) is 7.90. The van der Waals surface area contributed by atoms with E-state index in [0.717, 1.165) is 0 Å². The van der Waals surface area contributed by atoms with Crippen molar-refractivity contribution in [1.82, 2.24) is 0 Å². The number of ether oxygens (including phenoxy) is 3. The Morgan fingerprint density at radius 1 is 1.14 bits per heavy atom. The molecule has 0 fully saturated rings. The van der Waals surface area contributed by atoms with E-state index < -0.39 is 28.9 Å². The molecule has 2 heterocycles. The van der Waals surface area contributed by atoms with E-state index in [4.69, 9.17) is 19.9 Å². The monoisotopic (exact) mass is 400 g/mol. The number of fused-ring (bicyclic) bond motifs is 2. The Bertz CT molecular complexity index is 985. The van der Waals surface area contributed by atoms with Crippen molar-refractivity contribution >= 4 is 23.6 Å². The molecule has 1 atom stereocenters. The first-order valence-electron chi connectivity index (χ1n) is 9.05. The van der Waals surface area contributed by atoms with Gasteiger partial charge >= 0.3 is 17.9 Å². The predicted molar refractivity (Wildman–Crippen MR) is 104 cm³/mol. The second kappa shape index (κ2) is 6.65. The third kappa shape index (κ3) is 2.86. The van der Waals surface area contributed by atoms with Gasteiger partial charge < -0.3 is 24.8 Å². The Morgan fingerprint density at radius 3 is 2.34 bits per heavy atom.